The highest BCUT2D eigenvalue weighted by Gasteiger charge is 2.22. The summed E-state index contributed by atoms with van der Waals surface area (Å²) >= 11 is 0. The minimum Gasteiger partial charge on any atom is -0.455 e. The normalized spacial score (nSPS) is 12.1. The van der Waals surface area contributed by atoms with Crippen LogP contribution in [0, 0.1) is 0 Å². The molecule has 2 heterocycles. The van der Waals surface area contributed by atoms with E-state index in [0.29, 0.717) is 0 Å². The van der Waals surface area contributed by atoms with Crippen molar-refractivity contribution < 1.29 is 8.83 Å². The van der Waals surface area contributed by atoms with E-state index in [4.69, 9.17) is 8.83 Å². The van der Waals surface area contributed by atoms with Gasteiger partial charge in [0, 0.05) is 21.7 Å². The van der Waals surface area contributed by atoms with Crippen LogP contribution < -0.4 is 0 Å². The van der Waals surface area contributed by atoms with Gasteiger partial charge >= 0.3 is 0 Å². The van der Waals surface area contributed by atoms with Gasteiger partial charge < -0.3 is 8.83 Å². The topological polar surface area (TPSA) is 26.3 Å². The highest BCUT2D eigenvalue weighted by atomic mass is 16.3. The molecule has 0 atom stereocenters. The highest BCUT2D eigenvalue weighted by molar-refractivity contribution is 6.27. The summed E-state index contributed by atoms with van der Waals surface area (Å²) in [5, 5.41) is 14.1. The van der Waals surface area contributed by atoms with Crippen molar-refractivity contribution in [2.24, 2.45) is 0 Å². The molecule has 0 unspecified atom stereocenters. The maximum atomic E-state index is 6.80. The number of fused-ring (bicyclic) bond motifs is 11. The maximum Gasteiger partial charge on any atom is 0.147 e. The van der Waals surface area contributed by atoms with Crippen LogP contribution in [0.15, 0.2) is 191 Å². The summed E-state index contributed by atoms with van der Waals surface area (Å²) in [6.45, 7) is 0. The van der Waals surface area contributed by atoms with Gasteiger partial charge in [0.15, 0.2) is 0 Å². The van der Waals surface area contributed by atoms with E-state index in [-0.39, 0.29) is 0 Å². The molecule has 12 aromatic rings. The van der Waals surface area contributed by atoms with Crippen LogP contribution in [0.1, 0.15) is 0 Å². The third-order valence-corrected chi connectivity index (χ3v) is 11.4. The zero-order chi connectivity index (χ0) is 35.3. The molecule has 0 fully saturated rings. The lowest BCUT2D eigenvalue weighted by Crippen LogP contribution is -1.91. The highest BCUT2D eigenvalue weighted by Crippen LogP contribution is 2.47. The van der Waals surface area contributed by atoms with Gasteiger partial charge in [0.2, 0.25) is 0 Å². The lowest BCUT2D eigenvalue weighted by molar-refractivity contribution is 0.664. The lowest BCUT2D eigenvalue weighted by atomic mass is 9.85. The molecule has 2 heteroatoms. The van der Waals surface area contributed by atoms with Crippen molar-refractivity contribution in [3.05, 3.63) is 182 Å². The van der Waals surface area contributed by atoms with E-state index in [1.807, 2.05) is 12.1 Å². The van der Waals surface area contributed by atoms with Gasteiger partial charge in [0.1, 0.15) is 22.3 Å². The maximum absolute atomic E-state index is 6.80. The van der Waals surface area contributed by atoms with E-state index in [2.05, 4.69) is 170 Å². The van der Waals surface area contributed by atoms with E-state index in [0.717, 1.165) is 60.4 Å². The number of rotatable bonds is 3. The largest absolute Gasteiger partial charge is 0.455 e. The van der Waals surface area contributed by atoms with Crippen LogP contribution in [0.2, 0.25) is 0 Å². The molecule has 250 valence electrons. The number of hydrogen-bond acceptors (Lipinski definition) is 2. The monoisotopic (exact) mass is 686 g/mol. The molecule has 0 saturated carbocycles. The van der Waals surface area contributed by atoms with Gasteiger partial charge in [-0.2, -0.15) is 0 Å². The van der Waals surface area contributed by atoms with Crippen LogP contribution in [-0.4, -0.2) is 0 Å². The SMILES string of the molecule is c1ccc2cc(-c3c4ccccc4c(-c4ccc(-c5cc6c7ccccc7oc6c6c5oc5cc7ccccc7cc56)cc4)c4ccccc34)ccc2c1. The van der Waals surface area contributed by atoms with Crippen molar-refractivity contribution in [3.63, 3.8) is 0 Å². The van der Waals surface area contributed by atoms with Gasteiger partial charge in [-0.3, -0.25) is 0 Å². The van der Waals surface area contributed by atoms with Crippen LogP contribution in [-0.2, 0) is 0 Å². The second-order valence-corrected chi connectivity index (χ2v) is 14.4. The Hall–Kier alpha value is -7.16. The Kier molecular flexibility index (Phi) is 6.09. The first-order chi connectivity index (χ1) is 26.8. The summed E-state index contributed by atoms with van der Waals surface area (Å²) in [6, 6.07) is 65.7. The first kappa shape index (κ1) is 29.4. The summed E-state index contributed by atoms with van der Waals surface area (Å²) in [4.78, 5) is 0. The quantitative estimate of drug-likeness (QED) is 0.173. The van der Waals surface area contributed by atoms with Crippen LogP contribution >= 0.6 is 0 Å². The molecule has 0 amide bonds. The van der Waals surface area contributed by atoms with Gasteiger partial charge in [0.05, 0.1) is 5.39 Å². The fourth-order valence-electron chi connectivity index (χ4n) is 8.93. The van der Waals surface area contributed by atoms with Gasteiger partial charge in [-0.05, 0) is 101 Å². The second-order valence-electron chi connectivity index (χ2n) is 14.4. The van der Waals surface area contributed by atoms with Crippen molar-refractivity contribution in [2.45, 2.75) is 0 Å². The number of para-hydroxylation sites is 1. The Morgan fingerprint density at radius 2 is 0.778 bits per heavy atom. The predicted octanol–water partition coefficient (Wildman–Crippen LogP) is 15.1. The lowest BCUT2D eigenvalue weighted by Gasteiger charge is -2.18. The molecule has 0 N–H and O–H groups in total. The summed E-state index contributed by atoms with van der Waals surface area (Å²) < 4.78 is 13.4. The van der Waals surface area contributed by atoms with Crippen LogP contribution in [0.5, 0.6) is 0 Å². The van der Waals surface area contributed by atoms with Gasteiger partial charge in [0.25, 0.3) is 0 Å². The first-order valence-corrected chi connectivity index (χ1v) is 18.5. The Morgan fingerprint density at radius 1 is 0.278 bits per heavy atom. The van der Waals surface area contributed by atoms with E-state index >= 15 is 0 Å². The Balaban J connectivity index is 1.09. The third kappa shape index (κ3) is 4.22. The molecule has 2 nitrogen and oxygen atoms in total. The zero-order valence-electron chi connectivity index (χ0n) is 29.1. The number of furan rings is 2. The average Bonchev–Trinajstić information content (AvgIpc) is 3.79. The van der Waals surface area contributed by atoms with Crippen molar-refractivity contribution in [1.82, 2.24) is 0 Å². The Bertz CT molecular complexity index is 3430. The van der Waals surface area contributed by atoms with Crippen LogP contribution in [0.25, 0.3) is 120 Å². The number of hydrogen-bond donors (Lipinski definition) is 0. The van der Waals surface area contributed by atoms with Crippen molar-refractivity contribution in [1.29, 1.82) is 0 Å². The summed E-state index contributed by atoms with van der Waals surface area (Å²) in [6.07, 6.45) is 0. The third-order valence-electron chi connectivity index (χ3n) is 11.4. The molecule has 0 aliphatic carbocycles. The van der Waals surface area contributed by atoms with Gasteiger partial charge in [-0.25, -0.2) is 0 Å². The molecule has 0 bridgehead atoms. The first-order valence-electron chi connectivity index (χ1n) is 18.5. The van der Waals surface area contributed by atoms with Crippen LogP contribution in [0.4, 0.5) is 0 Å². The standard InChI is InChI=1S/C52H30O2/c1-2-12-34-27-37(26-21-31(34)11-1)49-41-18-7-5-16-39(41)48(40-17-6-8-19-42(40)49)33-24-22-32(23-25-33)43-30-44-38-15-9-10-20-46(38)53-52(44)50-45-28-35-13-3-4-14-36(35)29-47(45)54-51(43)50/h1-30H. The molecule has 0 aliphatic rings. The zero-order valence-corrected chi connectivity index (χ0v) is 29.1. The Morgan fingerprint density at radius 3 is 1.46 bits per heavy atom. The number of benzene rings is 10. The van der Waals surface area contributed by atoms with Crippen LogP contribution in [0.3, 0.4) is 0 Å². The molecule has 12 rings (SSSR count). The summed E-state index contributed by atoms with van der Waals surface area (Å²) in [5.41, 5.74) is 10.5. The fourth-order valence-corrected chi connectivity index (χ4v) is 8.93. The molecule has 10 aromatic carbocycles. The summed E-state index contributed by atoms with van der Waals surface area (Å²) in [5.74, 6) is 0. The predicted molar refractivity (Wildman–Crippen MR) is 227 cm³/mol. The van der Waals surface area contributed by atoms with E-state index < -0.39 is 0 Å². The summed E-state index contributed by atoms with van der Waals surface area (Å²) in [7, 11) is 0. The van der Waals surface area contributed by atoms with Gasteiger partial charge in [-0.1, -0.05) is 152 Å². The molecule has 54 heavy (non-hydrogen) atoms. The smallest absolute Gasteiger partial charge is 0.147 e. The molecule has 0 aliphatic heterocycles. The molecule has 0 spiro atoms. The minimum absolute atomic E-state index is 0.843. The second kappa shape index (κ2) is 11.2. The minimum atomic E-state index is 0.843. The Labute approximate surface area is 310 Å². The molecule has 0 saturated heterocycles. The molecular weight excluding hydrogens is 657 g/mol. The van der Waals surface area contributed by atoms with Crippen molar-refractivity contribution in [3.8, 4) is 33.4 Å². The van der Waals surface area contributed by atoms with E-state index in [1.165, 1.54) is 60.0 Å². The van der Waals surface area contributed by atoms with Gasteiger partial charge in [-0.15, -0.1) is 0 Å². The fraction of sp³-hybridized carbons (Fsp3) is 0. The molecule has 0 radical (unpaired) electrons. The van der Waals surface area contributed by atoms with E-state index in [1.54, 1.807) is 0 Å². The van der Waals surface area contributed by atoms with E-state index in [9.17, 15) is 0 Å². The average molecular weight is 687 g/mol. The van der Waals surface area contributed by atoms with Crippen molar-refractivity contribution >= 4 is 87.0 Å². The van der Waals surface area contributed by atoms with Crippen molar-refractivity contribution in [2.75, 3.05) is 0 Å². The molecular formula is C52H30O2. The molecule has 2 aromatic heterocycles.